The van der Waals surface area contributed by atoms with Crippen molar-refractivity contribution in [2.75, 3.05) is 0 Å². The third kappa shape index (κ3) is 2.02. The average molecular weight is 421 g/mol. The van der Waals surface area contributed by atoms with E-state index < -0.39 is 17.2 Å². The predicted octanol–water partition coefficient (Wildman–Crippen LogP) is 6.73. The lowest BCUT2D eigenvalue weighted by Gasteiger charge is -2.50. The Hall–Kier alpha value is -1.26. The van der Waals surface area contributed by atoms with Crippen LogP contribution < -0.4 is 0 Å². The third-order valence-corrected chi connectivity index (χ3v) is 10.9. The smallest absolute Gasteiger partial charge is 0.254 e. The second-order valence-electron chi connectivity index (χ2n) is 11.6. The summed E-state index contributed by atoms with van der Waals surface area (Å²) in [6.07, 6.45) is 10.3. The van der Waals surface area contributed by atoms with Crippen LogP contribution in [0.25, 0.3) is 0 Å². The first-order valence-electron chi connectivity index (χ1n) is 11.9. The van der Waals surface area contributed by atoms with E-state index in [1.165, 1.54) is 42.8 Å². The van der Waals surface area contributed by atoms with Crippen molar-refractivity contribution in [3.63, 3.8) is 0 Å². The molecule has 2 spiro atoms. The Morgan fingerprint density at radius 2 is 1.97 bits per heavy atom. The zero-order valence-corrected chi connectivity index (χ0v) is 18.1. The summed E-state index contributed by atoms with van der Waals surface area (Å²) in [6, 6.07) is 0. The fourth-order valence-electron chi connectivity index (χ4n) is 9.95. The lowest BCUT2D eigenvalue weighted by atomic mass is 9.57. The van der Waals surface area contributed by atoms with E-state index in [-0.39, 0.29) is 36.4 Å². The van der Waals surface area contributed by atoms with Gasteiger partial charge in [0.15, 0.2) is 5.82 Å². The summed E-state index contributed by atoms with van der Waals surface area (Å²) in [5.74, 6) is -1.55. The zero-order chi connectivity index (χ0) is 21.1. The molecule has 5 heteroatoms. The van der Waals surface area contributed by atoms with E-state index in [0.29, 0.717) is 12.5 Å². The number of nitrogens with zero attached hydrogens (tertiary/aromatic N) is 2. The van der Waals surface area contributed by atoms with Crippen molar-refractivity contribution < 1.29 is 14.6 Å². The monoisotopic (exact) mass is 420 g/mol. The first-order valence-corrected chi connectivity index (χ1v) is 11.9. The summed E-state index contributed by atoms with van der Waals surface area (Å²) in [7, 11) is 0. The van der Waals surface area contributed by atoms with Crippen molar-refractivity contribution in [1.82, 2.24) is 9.78 Å². The number of fused-ring (bicyclic) bond motifs is 1. The van der Waals surface area contributed by atoms with Gasteiger partial charge in [0, 0.05) is 13.3 Å². The molecule has 166 valence electrons. The molecule has 0 saturated heterocycles. The number of hydrogen-bond acceptors (Lipinski definition) is 1. The first-order chi connectivity index (χ1) is 14.2. The number of rotatable bonds is 3. The normalized spacial score (nSPS) is 50.4. The fraction of sp³-hybridized carbons (Fsp3) is 0.800. The molecule has 30 heavy (non-hydrogen) atoms. The molecule has 0 aliphatic heterocycles. The van der Waals surface area contributed by atoms with Crippen LogP contribution in [0.2, 0.25) is 0 Å². The van der Waals surface area contributed by atoms with Gasteiger partial charge in [-0.15, -0.1) is 0 Å². The highest BCUT2D eigenvalue weighted by molar-refractivity contribution is 5.37. The van der Waals surface area contributed by atoms with Gasteiger partial charge in [-0.05, 0) is 78.9 Å². The van der Waals surface area contributed by atoms with Crippen molar-refractivity contribution in [3.8, 4) is 0 Å². The van der Waals surface area contributed by atoms with Crippen molar-refractivity contribution in [2.24, 2.45) is 45.8 Å². The van der Waals surface area contributed by atoms with E-state index in [2.05, 4.69) is 18.6 Å². The van der Waals surface area contributed by atoms with Crippen LogP contribution in [0, 0.1) is 51.7 Å². The highest BCUT2D eigenvalue weighted by atomic mass is 19.3. The summed E-state index contributed by atoms with van der Waals surface area (Å²) >= 11 is 0. The van der Waals surface area contributed by atoms with Crippen molar-refractivity contribution in [1.29, 1.82) is 0 Å². The maximum atomic E-state index is 16.0. The van der Waals surface area contributed by atoms with Crippen molar-refractivity contribution >= 4 is 0 Å². The van der Waals surface area contributed by atoms with E-state index in [9.17, 15) is 4.39 Å². The minimum atomic E-state index is -2.67. The summed E-state index contributed by atoms with van der Waals surface area (Å²) in [6.45, 7) is 8.78. The van der Waals surface area contributed by atoms with Crippen LogP contribution in [0.3, 0.4) is 0 Å². The average Bonchev–Trinajstić information content (AvgIpc) is 3.10. The van der Waals surface area contributed by atoms with Gasteiger partial charge in [0.25, 0.3) is 5.92 Å². The zero-order valence-electron chi connectivity index (χ0n) is 18.1. The fourth-order valence-corrected chi connectivity index (χ4v) is 9.95. The lowest BCUT2D eigenvalue weighted by molar-refractivity contribution is -0.190. The Kier molecular flexibility index (Phi) is 3.72. The summed E-state index contributed by atoms with van der Waals surface area (Å²) in [5, 5.41) is 4.02. The maximum Gasteiger partial charge on any atom is 0.254 e. The van der Waals surface area contributed by atoms with Gasteiger partial charge in [0.1, 0.15) is 0 Å². The Morgan fingerprint density at radius 1 is 1.20 bits per heavy atom. The number of aromatic nitrogens is 2. The molecule has 1 heterocycles. The second-order valence-corrected chi connectivity index (χ2v) is 11.6. The summed E-state index contributed by atoms with van der Waals surface area (Å²) in [5.41, 5.74) is 0.112. The van der Waals surface area contributed by atoms with Gasteiger partial charge in [-0.1, -0.05) is 32.4 Å². The third-order valence-electron chi connectivity index (χ3n) is 10.9. The molecule has 8 atom stereocenters. The van der Waals surface area contributed by atoms with Crippen LogP contribution in [-0.2, 0) is 6.54 Å². The second kappa shape index (κ2) is 5.75. The van der Waals surface area contributed by atoms with Crippen molar-refractivity contribution in [3.05, 3.63) is 30.4 Å². The largest absolute Gasteiger partial charge is 0.266 e. The molecule has 0 bridgehead atoms. The van der Waals surface area contributed by atoms with Gasteiger partial charge >= 0.3 is 0 Å². The highest BCUT2D eigenvalue weighted by Crippen LogP contribution is 2.93. The Bertz CT molecular complexity index is 914. The predicted molar refractivity (Wildman–Crippen MR) is 111 cm³/mol. The van der Waals surface area contributed by atoms with Gasteiger partial charge in [-0.3, -0.25) is 4.68 Å². The Labute approximate surface area is 178 Å². The number of alkyl halides is 2. The Balaban J connectivity index is 0.00000204. The summed E-state index contributed by atoms with van der Waals surface area (Å²) < 4.78 is 46.9. The molecule has 5 aliphatic rings. The maximum absolute atomic E-state index is 16.0. The van der Waals surface area contributed by atoms with E-state index in [0.717, 1.165) is 30.8 Å². The van der Waals surface area contributed by atoms with Crippen LogP contribution in [0.15, 0.2) is 24.5 Å². The quantitative estimate of drug-likeness (QED) is 0.496. The van der Waals surface area contributed by atoms with Gasteiger partial charge < -0.3 is 0 Å². The molecule has 5 aliphatic carbocycles. The molecule has 6 rings (SSSR count). The molecule has 2 nitrogen and oxygen atoms in total. The van der Waals surface area contributed by atoms with Crippen LogP contribution in [0.1, 0.15) is 66.6 Å². The minimum absolute atomic E-state index is 0. The van der Waals surface area contributed by atoms with Crippen molar-refractivity contribution in [2.45, 2.75) is 77.7 Å². The number of halogens is 3. The molecular formula is C25H35F3N2. The molecule has 0 aromatic carbocycles. The number of allylic oxidation sites excluding steroid dienone is 1. The molecule has 0 amide bonds. The number of hydrogen-bond donors (Lipinski definition) is 0. The molecule has 5 fully saturated rings. The Morgan fingerprint density at radius 3 is 2.70 bits per heavy atom. The van der Waals surface area contributed by atoms with Crippen LogP contribution in [0.5, 0.6) is 0 Å². The standard InChI is InChI=1S/C25H33F3N2.H2/c1-15-6-8-23-17(10-15)7-9-24(23)20-5-4-19(16(2)13-30-14-18(26)12-29-30)22(20,3)25(27,28)11-21(23)24;/h12,14-15,17,19-21H,2,4-11,13H2,1,3H3;1H. The molecule has 0 N–H and O–H groups in total. The van der Waals surface area contributed by atoms with E-state index in [4.69, 9.17) is 0 Å². The van der Waals surface area contributed by atoms with Gasteiger partial charge in [-0.2, -0.15) is 5.10 Å². The van der Waals surface area contributed by atoms with E-state index in [1.54, 1.807) is 0 Å². The minimum Gasteiger partial charge on any atom is -0.266 e. The van der Waals surface area contributed by atoms with Gasteiger partial charge in [0.05, 0.1) is 18.9 Å². The molecule has 8 unspecified atom stereocenters. The molecular weight excluding hydrogens is 385 g/mol. The van der Waals surface area contributed by atoms with Gasteiger partial charge in [-0.25, -0.2) is 13.2 Å². The van der Waals surface area contributed by atoms with Crippen LogP contribution in [0.4, 0.5) is 13.2 Å². The van der Waals surface area contributed by atoms with Crippen LogP contribution in [-0.4, -0.2) is 15.7 Å². The SMILES string of the molecule is C=C(Cn1cc(F)cn1)C1CCC2C1(C)C(F)(F)CC1C34CCC(C)CC3CCC214.[HH]. The molecule has 1 aromatic rings. The van der Waals surface area contributed by atoms with Crippen LogP contribution >= 0.6 is 0 Å². The molecule has 5 saturated carbocycles. The highest BCUT2D eigenvalue weighted by Gasteiger charge is 2.90. The molecule has 0 radical (unpaired) electrons. The summed E-state index contributed by atoms with van der Waals surface area (Å²) in [4.78, 5) is 0. The first kappa shape index (κ1) is 19.4. The van der Waals surface area contributed by atoms with Gasteiger partial charge in [0.2, 0.25) is 0 Å². The van der Waals surface area contributed by atoms with E-state index in [1.807, 2.05) is 6.92 Å². The molecule has 1 aromatic heterocycles. The topological polar surface area (TPSA) is 17.8 Å². The van der Waals surface area contributed by atoms with E-state index >= 15 is 8.78 Å². The lowest BCUT2D eigenvalue weighted by Crippen LogP contribution is -2.53.